The van der Waals surface area contributed by atoms with Gasteiger partial charge in [-0.25, -0.2) is 13.2 Å². The Bertz CT molecular complexity index is 898. The van der Waals surface area contributed by atoms with Crippen LogP contribution in [0, 0.1) is 23.4 Å². The van der Waals surface area contributed by atoms with E-state index in [1.165, 1.54) is 13.2 Å². The molecule has 0 amide bonds. The van der Waals surface area contributed by atoms with Crippen molar-refractivity contribution in [3.63, 3.8) is 0 Å². The third kappa shape index (κ3) is 4.62. The normalized spacial score (nSPS) is 26.6. The zero-order valence-electron chi connectivity index (χ0n) is 18.0. The van der Waals surface area contributed by atoms with Gasteiger partial charge in [-0.2, -0.15) is 0 Å². The predicted octanol–water partition coefficient (Wildman–Crippen LogP) is 6.82. The van der Waals surface area contributed by atoms with E-state index in [4.69, 9.17) is 4.74 Å². The van der Waals surface area contributed by atoms with E-state index in [1.54, 1.807) is 18.2 Å². The van der Waals surface area contributed by atoms with E-state index < -0.39 is 11.6 Å². The van der Waals surface area contributed by atoms with Gasteiger partial charge in [0.2, 0.25) is 0 Å². The van der Waals surface area contributed by atoms with E-state index in [-0.39, 0.29) is 41.8 Å². The molecule has 0 unspecified atom stereocenters. The molecule has 2 aliphatic carbocycles. The number of ether oxygens (including phenoxy) is 1. The number of aliphatic hydroxyl groups excluding tert-OH is 1. The third-order valence-electron chi connectivity index (χ3n) is 7.50. The second kappa shape index (κ2) is 9.64. The monoisotopic (exact) mass is 432 g/mol. The Morgan fingerprint density at radius 1 is 0.774 bits per heavy atom. The number of benzene rings is 2. The fraction of sp³-hybridized carbons (Fsp3) is 0.538. The van der Waals surface area contributed by atoms with Crippen LogP contribution in [0.3, 0.4) is 0 Å². The van der Waals surface area contributed by atoms with Crippen molar-refractivity contribution in [3.05, 3.63) is 64.5 Å². The predicted molar refractivity (Wildman–Crippen MR) is 115 cm³/mol. The van der Waals surface area contributed by atoms with Crippen LogP contribution in [0.4, 0.5) is 13.2 Å². The van der Waals surface area contributed by atoms with Crippen LogP contribution < -0.4 is 4.74 Å². The molecule has 31 heavy (non-hydrogen) atoms. The van der Waals surface area contributed by atoms with Crippen LogP contribution >= 0.6 is 0 Å². The summed E-state index contributed by atoms with van der Waals surface area (Å²) < 4.78 is 49.0. The lowest BCUT2D eigenvalue weighted by Crippen LogP contribution is -2.18. The summed E-state index contributed by atoms with van der Waals surface area (Å²) in [5.41, 5.74) is 1.90. The molecule has 2 aromatic rings. The molecule has 5 heteroatoms. The molecule has 0 aliphatic heterocycles. The van der Waals surface area contributed by atoms with E-state index in [0.29, 0.717) is 11.1 Å². The van der Waals surface area contributed by atoms with Crippen molar-refractivity contribution in [3.8, 4) is 5.75 Å². The van der Waals surface area contributed by atoms with Gasteiger partial charge in [0.05, 0.1) is 7.11 Å². The SMILES string of the molecule is COc1ccc(C2CCC(c3ccc(C4CCC(CO)CC4)c(F)c3F)CC2)cc1F. The second-order valence-corrected chi connectivity index (χ2v) is 9.21. The van der Waals surface area contributed by atoms with E-state index in [1.807, 2.05) is 6.07 Å². The summed E-state index contributed by atoms with van der Waals surface area (Å²) in [6.07, 6.45) is 6.48. The van der Waals surface area contributed by atoms with Crippen molar-refractivity contribution in [1.82, 2.24) is 0 Å². The summed E-state index contributed by atoms with van der Waals surface area (Å²) >= 11 is 0. The summed E-state index contributed by atoms with van der Waals surface area (Å²) in [4.78, 5) is 0. The van der Waals surface area contributed by atoms with E-state index in [2.05, 4.69) is 0 Å². The Morgan fingerprint density at radius 2 is 1.29 bits per heavy atom. The zero-order chi connectivity index (χ0) is 22.0. The standard InChI is InChI=1S/C26H31F3O2/c1-31-24-13-10-20(14-23(24)27)17-6-8-19(9-7-17)22-12-11-21(25(28)26(22)29)18-4-2-16(15-30)3-5-18/h10-14,16-19,30H,2-9,15H2,1H3. The van der Waals surface area contributed by atoms with Gasteiger partial charge in [-0.15, -0.1) is 0 Å². The average Bonchev–Trinajstić information content (AvgIpc) is 2.81. The van der Waals surface area contributed by atoms with Crippen molar-refractivity contribution in [2.75, 3.05) is 13.7 Å². The molecule has 0 heterocycles. The maximum atomic E-state index is 15.0. The Balaban J connectivity index is 1.43. The van der Waals surface area contributed by atoms with Gasteiger partial charge in [-0.05, 0) is 104 Å². The highest BCUT2D eigenvalue weighted by atomic mass is 19.2. The van der Waals surface area contributed by atoms with Gasteiger partial charge in [-0.1, -0.05) is 18.2 Å². The lowest BCUT2D eigenvalue weighted by molar-refractivity contribution is 0.181. The lowest BCUT2D eigenvalue weighted by Gasteiger charge is -2.31. The zero-order valence-corrected chi connectivity index (χ0v) is 18.0. The summed E-state index contributed by atoms with van der Waals surface area (Å²) in [5.74, 6) is -0.966. The quantitative estimate of drug-likeness (QED) is 0.562. The van der Waals surface area contributed by atoms with Crippen LogP contribution in [-0.2, 0) is 0 Å². The molecule has 0 bridgehead atoms. The van der Waals surface area contributed by atoms with Crippen LogP contribution in [0.5, 0.6) is 5.75 Å². The van der Waals surface area contributed by atoms with Crippen molar-refractivity contribution in [2.24, 2.45) is 5.92 Å². The molecular formula is C26H31F3O2. The molecule has 0 spiro atoms. The van der Waals surface area contributed by atoms with Crippen LogP contribution in [0.1, 0.15) is 85.8 Å². The van der Waals surface area contributed by atoms with E-state index >= 15 is 4.39 Å². The Kier molecular flexibility index (Phi) is 6.90. The van der Waals surface area contributed by atoms with Gasteiger partial charge >= 0.3 is 0 Å². The van der Waals surface area contributed by atoms with Gasteiger partial charge in [-0.3, -0.25) is 0 Å². The third-order valence-corrected chi connectivity index (χ3v) is 7.50. The smallest absolute Gasteiger partial charge is 0.165 e. The van der Waals surface area contributed by atoms with E-state index in [0.717, 1.165) is 56.9 Å². The molecule has 168 valence electrons. The summed E-state index contributed by atoms with van der Waals surface area (Å²) in [6.45, 7) is 0.175. The molecule has 2 fully saturated rings. The van der Waals surface area contributed by atoms with E-state index in [9.17, 15) is 13.9 Å². The number of aliphatic hydroxyl groups is 1. The van der Waals surface area contributed by atoms with Gasteiger partial charge < -0.3 is 9.84 Å². The topological polar surface area (TPSA) is 29.5 Å². The molecular weight excluding hydrogens is 401 g/mol. The van der Waals surface area contributed by atoms with Crippen LogP contribution in [0.15, 0.2) is 30.3 Å². The van der Waals surface area contributed by atoms with Crippen molar-refractivity contribution in [2.45, 2.75) is 69.1 Å². The highest BCUT2D eigenvalue weighted by Crippen LogP contribution is 2.43. The van der Waals surface area contributed by atoms with Crippen LogP contribution in [0.2, 0.25) is 0 Å². The summed E-state index contributed by atoms with van der Waals surface area (Å²) in [6, 6.07) is 8.64. The second-order valence-electron chi connectivity index (χ2n) is 9.21. The van der Waals surface area contributed by atoms with Crippen molar-refractivity contribution in [1.29, 1.82) is 0 Å². The van der Waals surface area contributed by atoms with Crippen LogP contribution in [0.25, 0.3) is 0 Å². The molecule has 0 atom stereocenters. The Labute approximate surface area is 182 Å². The fourth-order valence-corrected chi connectivity index (χ4v) is 5.54. The maximum absolute atomic E-state index is 15.0. The number of hydrogen-bond donors (Lipinski definition) is 1. The maximum Gasteiger partial charge on any atom is 0.165 e. The van der Waals surface area contributed by atoms with Crippen LogP contribution in [-0.4, -0.2) is 18.8 Å². The van der Waals surface area contributed by atoms with Crippen molar-refractivity contribution < 1.29 is 23.0 Å². The highest BCUT2D eigenvalue weighted by Gasteiger charge is 2.30. The van der Waals surface area contributed by atoms with Crippen molar-refractivity contribution >= 4 is 0 Å². The first-order valence-electron chi connectivity index (χ1n) is 11.4. The number of methoxy groups -OCH3 is 1. The molecule has 0 radical (unpaired) electrons. The first-order valence-corrected chi connectivity index (χ1v) is 11.4. The summed E-state index contributed by atoms with van der Waals surface area (Å²) in [7, 11) is 1.45. The minimum absolute atomic E-state index is 0.00646. The molecule has 1 N–H and O–H groups in total. The number of rotatable bonds is 5. The minimum atomic E-state index is -0.694. The average molecular weight is 433 g/mol. The summed E-state index contributed by atoms with van der Waals surface area (Å²) in [5, 5.41) is 9.30. The molecule has 4 rings (SSSR count). The number of hydrogen-bond acceptors (Lipinski definition) is 2. The Hall–Kier alpha value is -2.01. The molecule has 2 aromatic carbocycles. The first-order chi connectivity index (χ1) is 15.0. The Morgan fingerprint density at radius 3 is 1.77 bits per heavy atom. The molecule has 2 aliphatic rings. The van der Waals surface area contributed by atoms with Gasteiger partial charge in [0.1, 0.15) is 0 Å². The first kappa shape index (κ1) is 22.2. The van der Waals surface area contributed by atoms with Gasteiger partial charge in [0.25, 0.3) is 0 Å². The van der Waals surface area contributed by atoms with Gasteiger partial charge in [0, 0.05) is 6.61 Å². The molecule has 0 aromatic heterocycles. The molecule has 0 saturated heterocycles. The fourth-order valence-electron chi connectivity index (χ4n) is 5.54. The lowest BCUT2D eigenvalue weighted by atomic mass is 9.75. The largest absolute Gasteiger partial charge is 0.494 e. The minimum Gasteiger partial charge on any atom is -0.494 e. The molecule has 2 nitrogen and oxygen atoms in total. The van der Waals surface area contributed by atoms with Gasteiger partial charge in [0.15, 0.2) is 23.2 Å². The highest BCUT2D eigenvalue weighted by molar-refractivity contribution is 5.34. The number of halogens is 3. The molecule has 2 saturated carbocycles.